The lowest BCUT2D eigenvalue weighted by molar-refractivity contribution is -0.149. The van der Waals surface area contributed by atoms with Crippen LogP contribution in [0.2, 0.25) is 0 Å². The molecule has 39 heavy (non-hydrogen) atoms. The highest BCUT2D eigenvalue weighted by atomic mass is 31.2. The summed E-state index contributed by atoms with van der Waals surface area (Å²) in [6.07, 6.45) is -1.40. The van der Waals surface area contributed by atoms with Gasteiger partial charge in [0.2, 0.25) is 5.95 Å². The Morgan fingerprint density at radius 3 is 2.64 bits per heavy atom. The number of anilines is 2. The molecule has 0 saturated carbocycles. The average Bonchev–Trinajstić information content (AvgIpc) is 3.42. The second-order valence-corrected chi connectivity index (χ2v) is 11.1. The molecule has 1 aliphatic heterocycles. The van der Waals surface area contributed by atoms with E-state index in [1.54, 1.807) is 62.7 Å². The van der Waals surface area contributed by atoms with Crippen LogP contribution in [0.4, 0.5) is 11.8 Å². The lowest BCUT2D eigenvalue weighted by Crippen LogP contribution is -2.37. The molecule has 5 N–H and O–H groups in total. The third kappa shape index (κ3) is 6.48. The Kier molecular flexibility index (Phi) is 8.72. The van der Waals surface area contributed by atoms with Crippen molar-refractivity contribution in [3.05, 3.63) is 36.7 Å². The first-order valence-electron chi connectivity index (χ1n) is 12.5. The summed E-state index contributed by atoms with van der Waals surface area (Å²) in [5, 5.41) is 16.5. The molecule has 3 aromatic rings. The fourth-order valence-electron chi connectivity index (χ4n) is 4.15. The maximum absolute atomic E-state index is 13.8. The van der Waals surface area contributed by atoms with Crippen LogP contribution in [0.15, 0.2) is 36.7 Å². The molecule has 6 atom stereocenters. The van der Waals surface area contributed by atoms with Crippen molar-refractivity contribution in [2.24, 2.45) is 5.92 Å². The van der Waals surface area contributed by atoms with E-state index in [1.807, 2.05) is 0 Å². The van der Waals surface area contributed by atoms with E-state index < -0.39 is 44.1 Å². The maximum Gasteiger partial charge on any atom is 0.459 e. The summed E-state index contributed by atoms with van der Waals surface area (Å²) in [5.74, 6) is -0.273. The van der Waals surface area contributed by atoms with Crippen molar-refractivity contribution in [1.29, 1.82) is 0 Å². The number of nitrogens with two attached hydrogens (primary N) is 1. The Morgan fingerprint density at radius 1 is 1.26 bits per heavy atom. The van der Waals surface area contributed by atoms with Gasteiger partial charge in [-0.2, -0.15) is 15.1 Å². The van der Waals surface area contributed by atoms with Gasteiger partial charge in [-0.3, -0.25) is 13.9 Å². The summed E-state index contributed by atoms with van der Waals surface area (Å²) in [6.45, 7) is 6.40. The SMILES string of the molecule is CNc1nc(N)nc2c1ncn2[C@@H]1O[C@H](COP(=O)(N[C@@H](C)C(=O)OC(C)C)Oc2ccccc2)[C@@H](O)[C@@H]1C. The Bertz CT molecular complexity index is 1340. The molecule has 0 aliphatic carbocycles. The second kappa shape index (κ2) is 11.8. The van der Waals surface area contributed by atoms with Crippen molar-refractivity contribution >= 4 is 36.6 Å². The van der Waals surface area contributed by atoms with Crippen molar-refractivity contribution in [1.82, 2.24) is 24.6 Å². The molecular formula is C24H34N7O7P. The van der Waals surface area contributed by atoms with E-state index in [9.17, 15) is 14.5 Å². The molecule has 4 rings (SSSR count). The van der Waals surface area contributed by atoms with Crippen LogP contribution in [0.3, 0.4) is 0 Å². The van der Waals surface area contributed by atoms with Gasteiger partial charge in [-0.25, -0.2) is 9.55 Å². The zero-order valence-corrected chi connectivity index (χ0v) is 23.2. The number of hydrogen-bond acceptors (Lipinski definition) is 12. The van der Waals surface area contributed by atoms with E-state index in [0.29, 0.717) is 17.0 Å². The molecule has 0 spiro atoms. The summed E-state index contributed by atoms with van der Waals surface area (Å²) < 4.78 is 38.1. The number of nitrogens with one attached hydrogen (secondary N) is 2. The van der Waals surface area contributed by atoms with Crippen molar-refractivity contribution in [2.45, 2.75) is 58.3 Å². The third-order valence-corrected chi connectivity index (χ3v) is 7.71. The highest BCUT2D eigenvalue weighted by molar-refractivity contribution is 7.52. The average molecular weight is 564 g/mol. The fourth-order valence-corrected chi connectivity index (χ4v) is 5.65. The number of aliphatic hydroxyl groups is 1. The van der Waals surface area contributed by atoms with Gasteiger partial charge in [-0.05, 0) is 32.9 Å². The number of nitrogen functional groups attached to an aromatic ring is 1. The number of aromatic nitrogens is 4. The van der Waals surface area contributed by atoms with Crippen LogP contribution >= 0.6 is 7.75 Å². The van der Waals surface area contributed by atoms with Crippen LogP contribution in [0.25, 0.3) is 11.2 Å². The zero-order chi connectivity index (χ0) is 28.3. The molecule has 3 heterocycles. The lowest BCUT2D eigenvalue weighted by atomic mass is 10.0. The Labute approximate surface area is 225 Å². The molecule has 2 aromatic heterocycles. The lowest BCUT2D eigenvalue weighted by Gasteiger charge is -2.25. The van der Waals surface area contributed by atoms with Crippen LogP contribution in [0.5, 0.6) is 5.75 Å². The molecule has 0 radical (unpaired) electrons. The van der Waals surface area contributed by atoms with Gasteiger partial charge in [0.25, 0.3) is 0 Å². The molecule has 1 aromatic carbocycles. The van der Waals surface area contributed by atoms with Crippen LogP contribution in [0, 0.1) is 5.92 Å². The fraction of sp³-hybridized carbons (Fsp3) is 0.500. The number of carbonyl (C=O) groups is 1. The maximum atomic E-state index is 13.8. The third-order valence-electron chi connectivity index (χ3n) is 6.07. The van der Waals surface area contributed by atoms with E-state index in [2.05, 4.69) is 25.4 Å². The number of ether oxygens (including phenoxy) is 2. The number of carbonyl (C=O) groups excluding carboxylic acids is 1. The Hall–Kier alpha value is -3.29. The van der Waals surface area contributed by atoms with Gasteiger partial charge in [0.15, 0.2) is 17.0 Å². The summed E-state index contributed by atoms with van der Waals surface area (Å²) in [4.78, 5) is 25.2. The second-order valence-electron chi connectivity index (χ2n) is 9.45. The molecule has 1 saturated heterocycles. The Morgan fingerprint density at radius 2 is 1.97 bits per heavy atom. The first-order valence-corrected chi connectivity index (χ1v) is 14.0. The van der Waals surface area contributed by atoms with Gasteiger partial charge in [0.1, 0.15) is 24.1 Å². The van der Waals surface area contributed by atoms with Crippen LogP contribution in [-0.4, -0.2) is 68.6 Å². The minimum absolute atomic E-state index is 0.0508. The summed E-state index contributed by atoms with van der Waals surface area (Å²) >= 11 is 0. The van der Waals surface area contributed by atoms with Crippen LogP contribution in [0.1, 0.15) is 33.9 Å². The first kappa shape index (κ1) is 28.7. The molecule has 14 nitrogen and oxygen atoms in total. The molecule has 15 heteroatoms. The molecule has 212 valence electrons. The number of fused-ring (bicyclic) bond motifs is 1. The molecule has 0 bridgehead atoms. The minimum atomic E-state index is -4.14. The van der Waals surface area contributed by atoms with E-state index in [1.165, 1.54) is 13.3 Å². The monoisotopic (exact) mass is 563 g/mol. The first-order chi connectivity index (χ1) is 18.5. The van der Waals surface area contributed by atoms with E-state index in [-0.39, 0.29) is 24.4 Å². The number of nitrogens with zero attached hydrogens (tertiary/aromatic N) is 4. The van der Waals surface area contributed by atoms with Crippen LogP contribution in [-0.2, 0) is 23.4 Å². The number of imidazole rings is 1. The number of esters is 1. The van der Waals surface area contributed by atoms with Gasteiger partial charge in [0, 0.05) is 13.0 Å². The van der Waals surface area contributed by atoms with E-state index in [0.717, 1.165) is 0 Å². The Balaban J connectivity index is 1.52. The molecule has 1 unspecified atom stereocenters. The molecule has 0 amide bonds. The van der Waals surface area contributed by atoms with Crippen molar-refractivity contribution < 1.29 is 33.0 Å². The number of aliphatic hydroxyl groups excluding tert-OH is 1. The van der Waals surface area contributed by atoms with Gasteiger partial charge < -0.3 is 30.2 Å². The predicted molar refractivity (Wildman–Crippen MR) is 143 cm³/mol. The van der Waals surface area contributed by atoms with Crippen molar-refractivity contribution in [3.8, 4) is 5.75 Å². The summed E-state index contributed by atoms with van der Waals surface area (Å²) in [6, 6.07) is 7.38. The summed E-state index contributed by atoms with van der Waals surface area (Å²) in [7, 11) is -2.44. The molecule has 1 aliphatic rings. The van der Waals surface area contributed by atoms with E-state index >= 15 is 0 Å². The highest BCUT2D eigenvalue weighted by Gasteiger charge is 2.44. The van der Waals surface area contributed by atoms with Crippen molar-refractivity contribution in [3.63, 3.8) is 0 Å². The number of hydrogen-bond donors (Lipinski definition) is 4. The van der Waals surface area contributed by atoms with Crippen LogP contribution < -0.4 is 20.7 Å². The standard InChI is InChI=1S/C24H34N7O7P/c1-13(2)36-23(33)15(4)30-39(34,38-16-9-7-6-8-10-16)35-11-17-19(32)14(3)22(37-17)31-12-27-18-20(26-5)28-24(25)29-21(18)31/h6-10,12-15,17,19,22,32H,11H2,1-5H3,(H,30,34)(H3,25,26,28,29)/t14-,15-,17+,19-,22+,39?/m0/s1. The molecular weight excluding hydrogens is 529 g/mol. The largest absolute Gasteiger partial charge is 0.462 e. The topological polar surface area (TPSA) is 185 Å². The minimum Gasteiger partial charge on any atom is -0.462 e. The van der Waals surface area contributed by atoms with E-state index in [4.69, 9.17) is 24.3 Å². The van der Waals surface area contributed by atoms with Gasteiger partial charge in [-0.1, -0.05) is 25.1 Å². The number of para-hydroxylation sites is 1. The normalized spacial score (nSPS) is 23.5. The number of rotatable bonds is 11. The van der Waals surface area contributed by atoms with Gasteiger partial charge >= 0.3 is 13.7 Å². The van der Waals surface area contributed by atoms with Crippen molar-refractivity contribution in [2.75, 3.05) is 24.7 Å². The number of benzene rings is 1. The van der Waals surface area contributed by atoms with Gasteiger partial charge in [-0.15, -0.1) is 0 Å². The zero-order valence-electron chi connectivity index (χ0n) is 22.3. The van der Waals surface area contributed by atoms with Gasteiger partial charge in [0.05, 0.1) is 25.1 Å². The molecule has 1 fully saturated rings. The summed E-state index contributed by atoms with van der Waals surface area (Å²) in [5.41, 5.74) is 6.78. The highest BCUT2D eigenvalue weighted by Crippen LogP contribution is 2.46. The smallest absolute Gasteiger partial charge is 0.459 e. The predicted octanol–water partition coefficient (Wildman–Crippen LogP) is 2.48. The quantitative estimate of drug-likeness (QED) is 0.197.